The molecule has 33 heavy (non-hydrogen) atoms. The van der Waals surface area contributed by atoms with Gasteiger partial charge in [-0.1, -0.05) is 55.8 Å². The Bertz CT molecular complexity index is 950. The molecule has 0 aromatic heterocycles. The van der Waals surface area contributed by atoms with Crippen LogP contribution in [0.1, 0.15) is 66.4 Å². The van der Waals surface area contributed by atoms with Gasteiger partial charge in [-0.15, -0.1) is 0 Å². The van der Waals surface area contributed by atoms with Gasteiger partial charge in [0.25, 0.3) is 0 Å². The van der Waals surface area contributed by atoms with Gasteiger partial charge in [0.1, 0.15) is 15.6 Å². The number of carbonyl (C=O) groups excluding carboxylic acids is 2. The highest BCUT2D eigenvalue weighted by Gasteiger charge is 2.40. The molecule has 2 aromatic rings. The number of hydrogen-bond donors (Lipinski definition) is 1. The molecule has 1 atom stereocenters. The molecule has 0 spiro atoms. The van der Waals surface area contributed by atoms with Gasteiger partial charge in [0.15, 0.2) is 11.2 Å². The third-order valence-electron chi connectivity index (χ3n) is 5.76. The molecule has 0 amide bonds. The molecule has 0 saturated carbocycles. The number of aromatic carboxylic acids is 1. The Labute approximate surface area is 202 Å². The smallest absolute Gasteiger partial charge is 0.335 e. The molecule has 176 valence electrons. The fourth-order valence-electron chi connectivity index (χ4n) is 3.96. The van der Waals surface area contributed by atoms with Crippen molar-refractivity contribution < 1.29 is 29.0 Å². The molecule has 0 radical (unpaired) electrons. The van der Waals surface area contributed by atoms with Crippen LogP contribution in [0.15, 0.2) is 42.5 Å². The summed E-state index contributed by atoms with van der Waals surface area (Å²) in [6.07, 6.45) is 4.76. The monoisotopic (exact) mass is 488 g/mol. The Morgan fingerprint density at radius 1 is 1.15 bits per heavy atom. The molecule has 2 aromatic carbocycles. The molecule has 1 aliphatic heterocycles. The summed E-state index contributed by atoms with van der Waals surface area (Å²) in [7, 11) is 0. The van der Waals surface area contributed by atoms with Crippen LogP contribution >= 0.6 is 23.5 Å². The maximum Gasteiger partial charge on any atom is 0.335 e. The summed E-state index contributed by atoms with van der Waals surface area (Å²) in [6, 6.07) is 12.4. The van der Waals surface area contributed by atoms with Crippen LogP contribution in [0, 0.1) is 0 Å². The second-order valence-corrected chi connectivity index (χ2v) is 10.4. The second-order valence-electron chi connectivity index (χ2n) is 7.87. The van der Waals surface area contributed by atoms with Crippen LogP contribution in [-0.4, -0.2) is 35.5 Å². The van der Waals surface area contributed by atoms with Gasteiger partial charge < -0.3 is 14.6 Å². The fraction of sp³-hybridized carbons (Fsp3) is 0.400. The highest BCUT2D eigenvalue weighted by molar-refractivity contribution is 8.28. The molecule has 1 unspecified atom stereocenters. The van der Waals surface area contributed by atoms with Crippen molar-refractivity contribution in [2.24, 2.45) is 0 Å². The van der Waals surface area contributed by atoms with Gasteiger partial charge in [-0.3, -0.25) is 9.59 Å². The predicted octanol–water partition coefficient (Wildman–Crippen LogP) is 5.91. The summed E-state index contributed by atoms with van der Waals surface area (Å²) in [5.41, 5.74) is 3.72. The van der Waals surface area contributed by atoms with Crippen molar-refractivity contribution in [3.05, 3.63) is 59.2 Å². The molecule has 1 aliphatic rings. The summed E-state index contributed by atoms with van der Waals surface area (Å²) >= 11 is 2.23. The minimum absolute atomic E-state index is 0.100. The summed E-state index contributed by atoms with van der Waals surface area (Å²) in [6.45, 7) is 3.04. The number of hydrogen-bond acceptors (Lipinski definition) is 7. The number of ether oxygens (including phenoxy) is 2. The molecule has 6 nitrogen and oxygen atoms in total. The molecule has 1 N–H and O–H groups in total. The third-order valence-corrected chi connectivity index (χ3v) is 8.14. The predicted molar refractivity (Wildman–Crippen MR) is 133 cm³/mol. The third kappa shape index (κ3) is 6.32. The first-order chi connectivity index (χ1) is 16.0. The van der Waals surface area contributed by atoms with E-state index in [1.807, 2.05) is 12.1 Å². The normalized spacial score (nSPS) is 15.1. The van der Waals surface area contributed by atoms with Crippen LogP contribution in [0.4, 0.5) is 0 Å². The van der Waals surface area contributed by atoms with E-state index in [1.165, 1.54) is 12.1 Å². The Kier molecular flexibility index (Phi) is 9.26. The maximum atomic E-state index is 11.4. The summed E-state index contributed by atoms with van der Waals surface area (Å²) < 4.78 is 11.2. The standard InChI is InChI=1S/C25H28O6S2/c1-2-3-4-5-20(15-31-21-9-6-18(7-10-21)24(28)29)19-8-11-23-22(14-19)25(32-16-26,33-17-27)12-13-30-23/h6-11,14,16-17,20H,2-5,12-13,15H2,1H3,(H,28,29). The van der Waals surface area contributed by atoms with Crippen LogP contribution in [0.25, 0.3) is 0 Å². The fourth-order valence-corrected chi connectivity index (χ4v) is 5.70. The van der Waals surface area contributed by atoms with Gasteiger partial charge in [0, 0.05) is 17.9 Å². The molecule has 0 saturated heterocycles. The summed E-state index contributed by atoms with van der Waals surface area (Å²) in [5.74, 6) is 0.443. The van der Waals surface area contributed by atoms with Crippen LogP contribution in [0.5, 0.6) is 11.5 Å². The van der Waals surface area contributed by atoms with E-state index in [0.717, 1.165) is 71.6 Å². The van der Waals surface area contributed by atoms with E-state index in [4.69, 9.17) is 14.6 Å². The molecule has 0 fully saturated rings. The maximum absolute atomic E-state index is 11.4. The van der Waals surface area contributed by atoms with Gasteiger partial charge in [-0.2, -0.15) is 0 Å². The molecule has 3 rings (SSSR count). The van der Waals surface area contributed by atoms with E-state index in [2.05, 4.69) is 13.0 Å². The lowest BCUT2D eigenvalue weighted by Gasteiger charge is -2.35. The average Bonchev–Trinajstić information content (AvgIpc) is 2.82. The second kappa shape index (κ2) is 12.1. The molecular weight excluding hydrogens is 460 g/mol. The largest absolute Gasteiger partial charge is 0.493 e. The highest BCUT2D eigenvalue weighted by Crippen LogP contribution is 2.53. The van der Waals surface area contributed by atoms with E-state index in [1.54, 1.807) is 12.1 Å². The van der Waals surface area contributed by atoms with Crippen molar-refractivity contribution in [2.45, 2.75) is 49.0 Å². The lowest BCUT2D eigenvalue weighted by atomic mass is 9.91. The van der Waals surface area contributed by atoms with Crippen LogP contribution < -0.4 is 9.47 Å². The van der Waals surface area contributed by atoms with Gasteiger partial charge in [-0.25, -0.2) is 4.79 Å². The van der Waals surface area contributed by atoms with E-state index >= 15 is 0 Å². The van der Waals surface area contributed by atoms with Gasteiger partial charge >= 0.3 is 5.97 Å². The first-order valence-corrected chi connectivity index (χ1v) is 12.7. The summed E-state index contributed by atoms with van der Waals surface area (Å²) in [4.78, 5) is 33.9. The van der Waals surface area contributed by atoms with Crippen molar-refractivity contribution in [2.75, 3.05) is 13.2 Å². The molecular formula is C25H28O6S2. The number of carboxylic acid groups (broad SMARTS) is 1. The lowest BCUT2D eigenvalue weighted by molar-refractivity contribution is 0.0697. The van der Waals surface area contributed by atoms with Crippen LogP contribution in [0.3, 0.4) is 0 Å². The number of fused-ring (bicyclic) bond motifs is 1. The van der Waals surface area contributed by atoms with E-state index in [0.29, 0.717) is 31.1 Å². The number of thioether (sulfide) groups is 2. The van der Waals surface area contributed by atoms with Crippen molar-refractivity contribution >= 4 is 40.7 Å². The topological polar surface area (TPSA) is 89.9 Å². The SMILES string of the molecule is CCCCCC(COc1ccc(C(=O)O)cc1)c1ccc2c(c1)C(SC=O)(SC=O)CCO2. The molecule has 0 aliphatic carbocycles. The van der Waals surface area contributed by atoms with E-state index in [9.17, 15) is 14.4 Å². The zero-order chi connectivity index (χ0) is 23.7. The minimum atomic E-state index is -0.972. The highest BCUT2D eigenvalue weighted by atomic mass is 32.2. The van der Waals surface area contributed by atoms with Gasteiger partial charge in [0.2, 0.25) is 0 Å². The number of unbranched alkanes of at least 4 members (excludes halogenated alkanes) is 2. The quantitative estimate of drug-likeness (QED) is 0.211. The van der Waals surface area contributed by atoms with Crippen molar-refractivity contribution in [3.8, 4) is 11.5 Å². The van der Waals surface area contributed by atoms with Crippen molar-refractivity contribution in [3.63, 3.8) is 0 Å². The zero-order valence-corrected chi connectivity index (χ0v) is 20.2. The average molecular weight is 489 g/mol. The van der Waals surface area contributed by atoms with Crippen LogP contribution in [0.2, 0.25) is 0 Å². The first kappa shape index (κ1) is 25.2. The summed E-state index contributed by atoms with van der Waals surface area (Å²) in [5, 5.41) is 9.08. The van der Waals surface area contributed by atoms with Crippen molar-refractivity contribution in [1.29, 1.82) is 0 Å². The van der Waals surface area contributed by atoms with Gasteiger partial charge in [-0.05, 0) is 48.4 Å². The number of carboxylic acids is 1. The number of benzene rings is 2. The van der Waals surface area contributed by atoms with E-state index in [-0.39, 0.29) is 11.5 Å². The Hall–Kier alpha value is -2.45. The molecule has 0 bridgehead atoms. The Balaban J connectivity index is 1.86. The molecule has 1 heterocycles. The lowest BCUT2D eigenvalue weighted by Crippen LogP contribution is -2.27. The molecule has 8 heteroatoms. The first-order valence-electron chi connectivity index (χ1n) is 11.0. The number of rotatable bonds is 13. The van der Waals surface area contributed by atoms with Crippen molar-refractivity contribution in [1.82, 2.24) is 0 Å². The minimum Gasteiger partial charge on any atom is -0.493 e. The zero-order valence-electron chi connectivity index (χ0n) is 18.5. The Morgan fingerprint density at radius 2 is 1.88 bits per heavy atom. The number of carbonyl (C=O) groups is 3. The van der Waals surface area contributed by atoms with E-state index < -0.39 is 10.0 Å². The van der Waals surface area contributed by atoms with Crippen LogP contribution in [-0.2, 0) is 13.7 Å². The Morgan fingerprint density at radius 3 is 2.52 bits per heavy atom. The van der Waals surface area contributed by atoms with Gasteiger partial charge in [0.05, 0.1) is 18.8 Å².